The highest BCUT2D eigenvalue weighted by Gasteiger charge is 2.26. The lowest BCUT2D eigenvalue weighted by Crippen LogP contribution is -2.42. The molecule has 2 N–H and O–H groups in total. The molecule has 0 bridgehead atoms. The molecule has 1 aliphatic heterocycles. The number of aromatic amines is 1. The van der Waals surface area contributed by atoms with Gasteiger partial charge in [-0.1, -0.05) is 12.8 Å². The van der Waals surface area contributed by atoms with E-state index in [2.05, 4.69) is 20.4 Å². The highest BCUT2D eigenvalue weighted by Crippen LogP contribution is 2.28. The first-order valence-electron chi connectivity index (χ1n) is 10.8. The Morgan fingerprint density at radius 2 is 1.93 bits per heavy atom. The molecule has 2 heterocycles. The number of nitrogens with zero attached hydrogens (tertiary/aromatic N) is 3. The summed E-state index contributed by atoms with van der Waals surface area (Å²) in [6, 6.07) is 0.902. The van der Waals surface area contributed by atoms with E-state index >= 15 is 0 Å². The van der Waals surface area contributed by atoms with Crippen molar-refractivity contribution in [3.63, 3.8) is 0 Å². The maximum atomic E-state index is 12.3. The number of hydrogen-bond donors (Lipinski definition) is 2. The maximum absolute atomic E-state index is 12.3. The standard InChI is InChI=1S/C21H37N5O/c1-16-20(17(2)24-23-16)11-13-25(3)21(27)22-12-8-18-9-14-26(15-10-18)19-6-4-5-7-19/h18-19H,4-15H2,1-3H3,(H,22,27)(H,23,24). The molecule has 0 aromatic carbocycles. The van der Waals surface area contributed by atoms with E-state index in [1.807, 2.05) is 20.9 Å². The van der Waals surface area contributed by atoms with Crippen LogP contribution in [0.2, 0.25) is 0 Å². The van der Waals surface area contributed by atoms with E-state index in [0.29, 0.717) is 6.54 Å². The van der Waals surface area contributed by atoms with Crippen LogP contribution in [0.3, 0.4) is 0 Å². The van der Waals surface area contributed by atoms with Gasteiger partial charge in [0, 0.05) is 31.9 Å². The van der Waals surface area contributed by atoms with Gasteiger partial charge >= 0.3 is 6.03 Å². The third-order valence-corrected chi connectivity index (χ3v) is 6.64. The minimum atomic E-state index is 0.0391. The number of urea groups is 1. The summed E-state index contributed by atoms with van der Waals surface area (Å²) in [5.74, 6) is 0.768. The van der Waals surface area contributed by atoms with Crippen molar-refractivity contribution in [2.24, 2.45) is 5.92 Å². The minimum Gasteiger partial charge on any atom is -0.338 e. The second kappa shape index (κ2) is 9.58. The highest BCUT2D eigenvalue weighted by molar-refractivity contribution is 5.73. The predicted octanol–water partition coefficient (Wildman–Crippen LogP) is 3.26. The quantitative estimate of drug-likeness (QED) is 0.769. The third-order valence-electron chi connectivity index (χ3n) is 6.64. The molecule has 152 valence electrons. The van der Waals surface area contributed by atoms with E-state index in [0.717, 1.165) is 42.7 Å². The van der Waals surface area contributed by atoms with E-state index in [1.165, 1.54) is 57.2 Å². The second-order valence-corrected chi connectivity index (χ2v) is 8.52. The molecule has 2 aliphatic rings. The lowest BCUT2D eigenvalue weighted by Gasteiger charge is -2.36. The molecule has 1 saturated heterocycles. The average molecular weight is 376 g/mol. The number of piperidine rings is 1. The van der Waals surface area contributed by atoms with Gasteiger partial charge in [0.2, 0.25) is 0 Å². The Bertz CT molecular complexity index is 580. The molecule has 6 nitrogen and oxygen atoms in total. The van der Waals surface area contributed by atoms with Crippen molar-refractivity contribution >= 4 is 6.03 Å². The van der Waals surface area contributed by atoms with Crippen LogP contribution in [-0.2, 0) is 6.42 Å². The first kappa shape index (κ1) is 20.2. The van der Waals surface area contributed by atoms with Crippen LogP contribution in [0.1, 0.15) is 61.9 Å². The number of hydrogen-bond acceptors (Lipinski definition) is 3. The number of likely N-dealkylation sites (N-methyl/N-ethyl adjacent to an activating group) is 1. The minimum absolute atomic E-state index is 0.0391. The molecule has 27 heavy (non-hydrogen) atoms. The molecule has 0 atom stereocenters. The number of likely N-dealkylation sites (tertiary alicyclic amines) is 1. The summed E-state index contributed by atoms with van der Waals surface area (Å²) < 4.78 is 0. The molecule has 1 aromatic rings. The van der Waals surface area contributed by atoms with Gasteiger partial charge in [-0.3, -0.25) is 5.10 Å². The molecule has 1 aromatic heterocycles. The summed E-state index contributed by atoms with van der Waals surface area (Å²) >= 11 is 0. The number of aryl methyl sites for hydroxylation is 2. The number of amides is 2. The Labute approximate surface area is 164 Å². The van der Waals surface area contributed by atoms with Gasteiger partial charge in [0.25, 0.3) is 0 Å². The molecule has 6 heteroatoms. The average Bonchev–Trinajstić information content (AvgIpc) is 3.31. The van der Waals surface area contributed by atoms with E-state index in [-0.39, 0.29) is 6.03 Å². The van der Waals surface area contributed by atoms with Crippen molar-refractivity contribution in [3.05, 3.63) is 17.0 Å². The monoisotopic (exact) mass is 375 g/mol. The molecular formula is C21H37N5O. The zero-order chi connectivity index (χ0) is 19.2. The Hall–Kier alpha value is -1.56. The first-order chi connectivity index (χ1) is 13.0. The van der Waals surface area contributed by atoms with E-state index < -0.39 is 0 Å². The maximum Gasteiger partial charge on any atom is 0.317 e. The summed E-state index contributed by atoms with van der Waals surface area (Å²) in [4.78, 5) is 16.8. The van der Waals surface area contributed by atoms with Crippen LogP contribution in [0.4, 0.5) is 4.79 Å². The van der Waals surface area contributed by atoms with Gasteiger partial charge in [-0.2, -0.15) is 5.10 Å². The smallest absolute Gasteiger partial charge is 0.317 e. The van der Waals surface area contributed by atoms with E-state index in [1.54, 1.807) is 4.90 Å². The molecule has 0 radical (unpaired) electrons. The fraction of sp³-hybridized carbons (Fsp3) is 0.810. The first-order valence-corrected chi connectivity index (χ1v) is 10.8. The van der Waals surface area contributed by atoms with Crippen molar-refractivity contribution in [2.45, 2.75) is 71.3 Å². The van der Waals surface area contributed by atoms with Gasteiger partial charge in [-0.15, -0.1) is 0 Å². The normalized spacial score (nSPS) is 19.5. The molecule has 1 saturated carbocycles. The molecule has 1 aliphatic carbocycles. The van der Waals surface area contributed by atoms with Gasteiger partial charge < -0.3 is 15.1 Å². The van der Waals surface area contributed by atoms with Crippen molar-refractivity contribution in [1.82, 2.24) is 25.3 Å². The van der Waals surface area contributed by atoms with Crippen molar-refractivity contribution in [2.75, 3.05) is 33.2 Å². The van der Waals surface area contributed by atoms with Crippen LogP contribution in [0, 0.1) is 19.8 Å². The van der Waals surface area contributed by atoms with E-state index in [4.69, 9.17) is 0 Å². The largest absolute Gasteiger partial charge is 0.338 e. The summed E-state index contributed by atoms with van der Waals surface area (Å²) in [5, 5.41) is 10.3. The summed E-state index contributed by atoms with van der Waals surface area (Å²) in [6.45, 7) is 8.07. The number of carbonyl (C=O) groups is 1. The van der Waals surface area contributed by atoms with Gasteiger partial charge in [0.15, 0.2) is 0 Å². The SMILES string of the molecule is Cc1n[nH]c(C)c1CCN(C)C(=O)NCCC1CCN(C2CCCC2)CC1. The lowest BCUT2D eigenvalue weighted by atomic mass is 9.92. The van der Waals surface area contributed by atoms with Crippen molar-refractivity contribution < 1.29 is 4.79 Å². The van der Waals surface area contributed by atoms with E-state index in [9.17, 15) is 4.79 Å². The summed E-state index contributed by atoms with van der Waals surface area (Å²) in [6.07, 6.45) is 10.2. The molecule has 2 amide bonds. The number of rotatable bonds is 7. The Kier molecular flexibility index (Phi) is 7.16. The summed E-state index contributed by atoms with van der Waals surface area (Å²) in [5.41, 5.74) is 3.36. The predicted molar refractivity (Wildman–Crippen MR) is 109 cm³/mol. The topological polar surface area (TPSA) is 64.3 Å². The van der Waals surface area contributed by atoms with Crippen molar-refractivity contribution in [3.8, 4) is 0 Å². The van der Waals surface area contributed by atoms with Gasteiger partial charge in [-0.25, -0.2) is 4.79 Å². The highest BCUT2D eigenvalue weighted by atomic mass is 16.2. The zero-order valence-corrected chi connectivity index (χ0v) is 17.4. The second-order valence-electron chi connectivity index (χ2n) is 8.52. The lowest BCUT2D eigenvalue weighted by molar-refractivity contribution is 0.130. The number of carbonyl (C=O) groups excluding carboxylic acids is 1. The molecule has 0 unspecified atom stereocenters. The van der Waals surface area contributed by atoms with Crippen LogP contribution in [-0.4, -0.2) is 65.3 Å². The third kappa shape index (κ3) is 5.47. The van der Waals surface area contributed by atoms with Crippen LogP contribution in [0.5, 0.6) is 0 Å². The fourth-order valence-corrected chi connectivity index (χ4v) is 4.72. The van der Waals surface area contributed by atoms with Crippen LogP contribution < -0.4 is 5.32 Å². The Balaban J connectivity index is 1.30. The molecule has 2 fully saturated rings. The number of H-pyrrole nitrogens is 1. The van der Waals surface area contributed by atoms with Gasteiger partial charge in [0.05, 0.1) is 5.69 Å². The molecule has 0 spiro atoms. The zero-order valence-electron chi connectivity index (χ0n) is 17.4. The summed E-state index contributed by atoms with van der Waals surface area (Å²) in [7, 11) is 1.88. The number of nitrogens with one attached hydrogen (secondary N) is 2. The number of aromatic nitrogens is 2. The fourth-order valence-electron chi connectivity index (χ4n) is 4.72. The Morgan fingerprint density at radius 1 is 1.22 bits per heavy atom. The van der Waals surface area contributed by atoms with Gasteiger partial charge in [0.1, 0.15) is 0 Å². The van der Waals surface area contributed by atoms with Crippen LogP contribution in [0.15, 0.2) is 0 Å². The van der Waals surface area contributed by atoms with Gasteiger partial charge in [-0.05, 0) is 76.9 Å². The molecule has 3 rings (SSSR count). The van der Waals surface area contributed by atoms with Crippen LogP contribution >= 0.6 is 0 Å². The Morgan fingerprint density at radius 3 is 2.56 bits per heavy atom. The van der Waals surface area contributed by atoms with Crippen molar-refractivity contribution in [1.29, 1.82) is 0 Å². The molecular weight excluding hydrogens is 338 g/mol. The van der Waals surface area contributed by atoms with Crippen LogP contribution in [0.25, 0.3) is 0 Å².